The summed E-state index contributed by atoms with van der Waals surface area (Å²) in [4.78, 5) is 12.4. The highest BCUT2D eigenvalue weighted by Gasteiger charge is 2.23. The molecule has 0 radical (unpaired) electrons. The number of hydrogen-bond donors (Lipinski definition) is 3. The Kier molecular flexibility index (Phi) is 4.60. The Balaban J connectivity index is 2.40. The molecule has 4 nitrogen and oxygen atoms in total. The van der Waals surface area contributed by atoms with E-state index in [1.807, 2.05) is 0 Å². The van der Waals surface area contributed by atoms with Gasteiger partial charge in [-0.25, -0.2) is 0 Å². The van der Waals surface area contributed by atoms with Gasteiger partial charge in [-0.15, -0.1) is 0 Å². The Bertz CT molecular complexity index is 554. The van der Waals surface area contributed by atoms with E-state index in [1.165, 1.54) is 24.3 Å². The van der Waals surface area contributed by atoms with Crippen LogP contribution in [0, 0.1) is 0 Å². The molecule has 1 unspecified atom stereocenters. The third-order valence-electron chi connectivity index (χ3n) is 3.27. The molecule has 4 heteroatoms. The van der Waals surface area contributed by atoms with Gasteiger partial charge in [0.25, 0.3) is 0 Å². The van der Waals surface area contributed by atoms with Gasteiger partial charge in [-0.2, -0.15) is 0 Å². The fourth-order valence-corrected chi connectivity index (χ4v) is 2.31. The van der Waals surface area contributed by atoms with Gasteiger partial charge in [0.2, 0.25) is 0 Å². The summed E-state index contributed by atoms with van der Waals surface area (Å²) in [5, 5.41) is 28.2. The van der Waals surface area contributed by atoms with Gasteiger partial charge in [0.15, 0.2) is 0 Å². The van der Waals surface area contributed by atoms with Crippen LogP contribution >= 0.6 is 0 Å². The molecule has 2 rings (SSSR count). The van der Waals surface area contributed by atoms with Crippen LogP contribution in [0.3, 0.4) is 0 Å². The molecule has 0 heterocycles. The average molecular weight is 286 g/mol. The molecule has 0 bridgehead atoms. The first-order valence-corrected chi connectivity index (χ1v) is 6.76. The lowest BCUT2D eigenvalue weighted by atomic mass is 9.85. The third-order valence-corrected chi connectivity index (χ3v) is 3.27. The predicted molar refractivity (Wildman–Crippen MR) is 79.4 cm³/mol. The first-order chi connectivity index (χ1) is 9.97. The Morgan fingerprint density at radius 2 is 1.29 bits per heavy atom. The van der Waals surface area contributed by atoms with Crippen LogP contribution in [0.5, 0.6) is 11.5 Å². The maximum atomic E-state index is 12.4. The minimum atomic E-state index is -0.714. The van der Waals surface area contributed by atoms with Crippen LogP contribution in [0.1, 0.15) is 30.4 Å². The molecule has 0 saturated carbocycles. The molecule has 0 spiro atoms. The average Bonchev–Trinajstić information content (AvgIpc) is 2.42. The van der Waals surface area contributed by atoms with E-state index in [4.69, 9.17) is 0 Å². The number of carbonyl (C=O) groups excluding carboxylic acids is 1. The van der Waals surface area contributed by atoms with E-state index in [2.05, 4.69) is 0 Å². The zero-order valence-corrected chi connectivity index (χ0v) is 11.7. The van der Waals surface area contributed by atoms with Crippen molar-refractivity contribution in [3.8, 4) is 11.5 Å². The van der Waals surface area contributed by atoms with E-state index >= 15 is 0 Å². The van der Waals surface area contributed by atoms with Gasteiger partial charge in [-0.3, -0.25) is 4.79 Å². The van der Waals surface area contributed by atoms with Crippen LogP contribution in [0.25, 0.3) is 0 Å². The maximum Gasteiger partial charge on any atom is 0.147 e. The van der Waals surface area contributed by atoms with Crippen molar-refractivity contribution >= 4 is 5.78 Å². The molecular formula is C17H18O4. The van der Waals surface area contributed by atoms with E-state index in [0.717, 1.165) is 11.1 Å². The highest BCUT2D eigenvalue weighted by Crippen LogP contribution is 2.29. The molecule has 1 atom stereocenters. The molecule has 0 saturated heterocycles. The number of ketones is 1. The van der Waals surface area contributed by atoms with Gasteiger partial charge in [0.05, 0.1) is 12.0 Å². The summed E-state index contributed by atoms with van der Waals surface area (Å²) in [6.45, 7) is 1.57. The van der Waals surface area contributed by atoms with Crippen LogP contribution in [0.15, 0.2) is 48.5 Å². The fourth-order valence-electron chi connectivity index (χ4n) is 2.31. The Labute approximate surface area is 123 Å². The number of Topliss-reactive ketones (excluding diaryl/α,β-unsaturated/α-hetero) is 1. The van der Waals surface area contributed by atoms with E-state index in [1.54, 1.807) is 31.2 Å². The van der Waals surface area contributed by atoms with Crippen LogP contribution in [-0.4, -0.2) is 27.2 Å². The molecule has 2 aromatic rings. The molecule has 0 aliphatic heterocycles. The summed E-state index contributed by atoms with van der Waals surface area (Å²) in [5.74, 6) is -0.375. The number of phenols is 2. The molecule has 0 aliphatic rings. The van der Waals surface area contributed by atoms with Crippen molar-refractivity contribution in [2.75, 3.05) is 0 Å². The predicted octanol–water partition coefficient (Wildman–Crippen LogP) is 2.57. The van der Waals surface area contributed by atoms with Crippen LogP contribution in [0.4, 0.5) is 0 Å². The zero-order valence-electron chi connectivity index (χ0n) is 11.7. The fraction of sp³-hybridized carbons (Fsp3) is 0.235. The number of aromatic hydroxyl groups is 2. The van der Waals surface area contributed by atoms with Crippen LogP contribution in [-0.2, 0) is 4.79 Å². The summed E-state index contributed by atoms with van der Waals surface area (Å²) in [7, 11) is 0. The summed E-state index contributed by atoms with van der Waals surface area (Å²) in [5.41, 5.74) is 1.48. The number of hydrogen-bond acceptors (Lipinski definition) is 4. The van der Waals surface area contributed by atoms with E-state index < -0.39 is 12.0 Å². The molecule has 0 aliphatic carbocycles. The number of phenolic OH excluding ortho intramolecular Hbond substituents is 2. The minimum absolute atomic E-state index is 0.0480. The molecule has 21 heavy (non-hydrogen) atoms. The number of carbonyl (C=O) groups is 1. The standard InChI is InChI=1S/C17H18O4/c1-11(18)10-16(21)17(12-2-6-14(19)7-3-12)13-4-8-15(20)9-5-13/h2-9,11,17-20H,10H2,1H3. The summed E-state index contributed by atoms with van der Waals surface area (Å²) >= 11 is 0. The van der Waals surface area contributed by atoms with Gasteiger partial charge in [-0.05, 0) is 42.3 Å². The van der Waals surface area contributed by atoms with Crippen molar-refractivity contribution in [3.05, 3.63) is 59.7 Å². The van der Waals surface area contributed by atoms with Gasteiger partial charge < -0.3 is 15.3 Å². The molecular weight excluding hydrogens is 268 g/mol. The highest BCUT2D eigenvalue weighted by atomic mass is 16.3. The molecule has 2 aromatic carbocycles. The van der Waals surface area contributed by atoms with E-state index in [-0.39, 0.29) is 23.7 Å². The highest BCUT2D eigenvalue weighted by molar-refractivity contribution is 5.89. The van der Waals surface area contributed by atoms with E-state index in [0.29, 0.717) is 0 Å². The monoisotopic (exact) mass is 286 g/mol. The summed E-state index contributed by atoms with van der Waals surface area (Å²) in [6.07, 6.45) is -0.666. The lowest BCUT2D eigenvalue weighted by Gasteiger charge is -2.18. The van der Waals surface area contributed by atoms with Crippen molar-refractivity contribution in [2.45, 2.75) is 25.4 Å². The summed E-state index contributed by atoms with van der Waals surface area (Å²) in [6, 6.07) is 12.9. The molecule has 0 amide bonds. The number of rotatable bonds is 5. The first-order valence-electron chi connectivity index (χ1n) is 6.76. The Hall–Kier alpha value is -2.33. The summed E-state index contributed by atoms with van der Waals surface area (Å²) < 4.78 is 0. The molecule has 110 valence electrons. The van der Waals surface area contributed by atoms with Crippen LogP contribution < -0.4 is 0 Å². The van der Waals surface area contributed by atoms with Gasteiger partial charge in [0, 0.05) is 6.42 Å². The van der Waals surface area contributed by atoms with Crippen molar-refractivity contribution in [2.24, 2.45) is 0 Å². The third kappa shape index (κ3) is 3.83. The molecule has 0 aromatic heterocycles. The second-order valence-electron chi connectivity index (χ2n) is 5.14. The van der Waals surface area contributed by atoms with Crippen LogP contribution in [0.2, 0.25) is 0 Å². The number of aliphatic hydroxyl groups excluding tert-OH is 1. The van der Waals surface area contributed by atoms with Crippen molar-refractivity contribution in [1.82, 2.24) is 0 Å². The largest absolute Gasteiger partial charge is 0.508 e. The topological polar surface area (TPSA) is 77.8 Å². The lowest BCUT2D eigenvalue weighted by Crippen LogP contribution is -2.18. The second kappa shape index (κ2) is 6.41. The Morgan fingerprint density at radius 3 is 1.62 bits per heavy atom. The quantitative estimate of drug-likeness (QED) is 0.789. The SMILES string of the molecule is CC(O)CC(=O)C(c1ccc(O)cc1)c1ccc(O)cc1. The van der Waals surface area contributed by atoms with Gasteiger partial charge >= 0.3 is 0 Å². The van der Waals surface area contributed by atoms with Gasteiger partial charge in [0.1, 0.15) is 17.3 Å². The second-order valence-corrected chi connectivity index (χ2v) is 5.14. The Morgan fingerprint density at radius 1 is 0.905 bits per heavy atom. The number of aliphatic hydroxyl groups is 1. The smallest absolute Gasteiger partial charge is 0.147 e. The van der Waals surface area contributed by atoms with Crippen molar-refractivity contribution in [3.63, 3.8) is 0 Å². The van der Waals surface area contributed by atoms with Gasteiger partial charge in [-0.1, -0.05) is 24.3 Å². The zero-order chi connectivity index (χ0) is 15.4. The maximum absolute atomic E-state index is 12.4. The van der Waals surface area contributed by atoms with Crippen molar-refractivity contribution in [1.29, 1.82) is 0 Å². The molecule has 3 N–H and O–H groups in total. The molecule has 0 fully saturated rings. The first kappa shape index (κ1) is 15.1. The van der Waals surface area contributed by atoms with Crippen molar-refractivity contribution < 1.29 is 20.1 Å². The lowest BCUT2D eigenvalue weighted by molar-refractivity contribution is -0.121. The minimum Gasteiger partial charge on any atom is -0.508 e. The normalized spacial score (nSPS) is 12.3. The van der Waals surface area contributed by atoms with E-state index in [9.17, 15) is 20.1 Å². The number of benzene rings is 2.